The van der Waals surface area contributed by atoms with Crippen molar-refractivity contribution in [3.8, 4) is 5.75 Å². The average molecular weight is 425 g/mol. The van der Waals surface area contributed by atoms with Crippen molar-refractivity contribution in [1.29, 1.82) is 0 Å². The van der Waals surface area contributed by atoms with Gasteiger partial charge < -0.3 is 4.74 Å². The van der Waals surface area contributed by atoms with E-state index in [1.54, 1.807) is 24.3 Å². The van der Waals surface area contributed by atoms with E-state index in [1.165, 1.54) is 4.90 Å². The lowest BCUT2D eigenvalue weighted by Gasteiger charge is -2.15. The Bertz CT molecular complexity index is 706. The molecule has 4 nitrogen and oxygen atoms in total. The minimum atomic E-state index is -0.268. The van der Waals surface area contributed by atoms with Gasteiger partial charge in [-0.2, -0.15) is 0 Å². The Kier molecular flexibility index (Phi) is 4.31. The maximum absolute atomic E-state index is 12.2. The van der Waals surface area contributed by atoms with E-state index in [1.807, 2.05) is 18.2 Å². The van der Waals surface area contributed by atoms with Crippen molar-refractivity contribution in [3.05, 3.63) is 62.5 Å². The van der Waals surface area contributed by atoms with Crippen LogP contribution in [0.15, 0.2) is 51.4 Å². The molecule has 1 aliphatic heterocycles. The summed E-state index contributed by atoms with van der Waals surface area (Å²) in [5.41, 5.74) is 0.907. The summed E-state index contributed by atoms with van der Waals surface area (Å²) in [7, 11) is 0. The van der Waals surface area contributed by atoms with Gasteiger partial charge in [0.05, 0.1) is 26.6 Å². The number of hydrogen-bond donors (Lipinski definition) is 0. The summed E-state index contributed by atoms with van der Waals surface area (Å²) in [5.74, 6) is 0.116. The fraction of sp³-hybridized carbons (Fsp3) is 0.125. The molecule has 0 fully saturated rings. The first-order chi connectivity index (χ1) is 10.6. The SMILES string of the molecule is O=C1c2ccccc2C(=O)N1CCOc1c(Br)cccc1Br. The van der Waals surface area contributed by atoms with Gasteiger partial charge >= 0.3 is 0 Å². The van der Waals surface area contributed by atoms with Crippen LogP contribution in [0.25, 0.3) is 0 Å². The van der Waals surface area contributed by atoms with Crippen LogP contribution in [-0.2, 0) is 0 Å². The highest BCUT2D eigenvalue weighted by Crippen LogP contribution is 2.33. The molecule has 2 aromatic rings. The van der Waals surface area contributed by atoms with E-state index in [0.717, 1.165) is 8.95 Å². The van der Waals surface area contributed by atoms with Gasteiger partial charge in [0.1, 0.15) is 12.4 Å². The van der Waals surface area contributed by atoms with E-state index in [0.29, 0.717) is 16.9 Å². The highest BCUT2D eigenvalue weighted by molar-refractivity contribution is 9.11. The van der Waals surface area contributed by atoms with Crippen LogP contribution in [0, 0.1) is 0 Å². The van der Waals surface area contributed by atoms with Crippen molar-refractivity contribution >= 4 is 43.7 Å². The van der Waals surface area contributed by atoms with Crippen molar-refractivity contribution in [1.82, 2.24) is 4.90 Å². The van der Waals surface area contributed by atoms with E-state index in [2.05, 4.69) is 31.9 Å². The Hall–Kier alpha value is -1.66. The zero-order valence-corrected chi connectivity index (χ0v) is 14.6. The number of hydrogen-bond acceptors (Lipinski definition) is 3. The van der Waals surface area contributed by atoms with Crippen molar-refractivity contribution in [2.45, 2.75) is 0 Å². The number of amides is 2. The van der Waals surface area contributed by atoms with Gasteiger partial charge in [0, 0.05) is 0 Å². The van der Waals surface area contributed by atoms with Crippen molar-refractivity contribution < 1.29 is 14.3 Å². The van der Waals surface area contributed by atoms with Crippen LogP contribution in [-0.4, -0.2) is 29.9 Å². The Balaban J connectivity index is 1.69. The fourth-order valence-corrected chi connectivity index (χ4v) is 3.53. The van der Waals surface area contributed by atoms with Crippen LogP contribution in [0.4, 0.5) is 0 Å². The summed E-state index contributed by atoms with van der Waals surface area (Å²) in [4.78, 5) is 25.6. The standard InChI is InChI=1S/C16H11Br2NO3/c17-12-6-3-7-13(18)14(12)22-9-8-19-15(20)10-4-1-2-5-11(10)16(19)21/h1-7H,8-9H2. The molecule has 0 aromatic heterocycles. The maximum atomic E-state index is 12.2. The number of carbonyl (C=O) groups is 2. The lowest BCUT2D eigenvalue weighted by Crippen LogP contribution is -2.33. The molecule has 2 aromatic carbocycles. The monoisotopic (exact) mass is 423 g/mol. The van der Waals surface area contributed by atoms with Crippen LogP contribution in [0.1, 0.15) is 20.7 Å². The van der Waals surface area contributed by atoms with Gasteiger partial charge in [-0.05, 0) is 56.1 Å². The van der Waals surface area contributed by atoms with Crippen LogP contribution in [0.2, 0.25) is 0 Å². The Morgan fingerprint density at radius 1 is 0.864 bits per heavy atom. The van der Waals surface area contributed by atoms with E-state index in [4.69, 9.17) is 4.74 Å². The molecular weight excluding hydrogens is 414 g/mol. The van der Waals surface area contributed by atoms with E-state index >= 15 is 0 Å². The topological polar surface area (TPSA) is 46.6 Å². The second-order valence-corrected chi connectivity index (χ2v) is 6.42. The van der Waals surface area contributed by atoms with Gasteiger partial charge in [0.2, 0.25) is 0 Å². The van der Waals surface area contributed by atoms with E-state index in [9.17, 15) is 9.59 Å². The highest BCUT2D eigenvalue weighted by atomic mass is 79.9. The lowest BCUT2D eigenvalue weighted by atomic mass is 10.1. The van der Waals surface area contributed by atoms with Crippen molar-refractivity contribution in [2.24, 2.45) is 0 Å². The number of benzene rings is 2. The third kappa shape index (κ3) is 2.68. The summed E-state index contributed by atoms with van der Waals surface area (Å²) < 4.78 is 7.30. The van der Waals surface area contributed by atoms with Gasteiger partial charge in [-0.3, -0.25) is 14.5 Å². The summed E-state index contributed by atoms with van der Waals surface area (Å²) >= 11 is 6.81. The van der Waals surface area contributed by atoms with E-state index < -0.39 is 0 Å². The largest absolute Gasteiger partial charge is 0.489 e. The first kappa shape index (κ1) is 15.2. The second-order valence-electron chi connectivity index (χ2n) is 4.71. The third-order valence-corrected chi connectivity index (χ3v) is 4.61. The number of rotatable bonds is 4. The van der Waals surface area contributed by atoms with Gasteiger partial charge in [-0.15, -0.1) is 0 Å². The van der Waals surface area contributed by atoms with Gasteiger partial charge in [-0.25, -0.2) is 0 Å². The molecule has 0 spiro atoms. The van der Waals surface area contributed by atoms with Gasteiger partial charge in [-0.1, -0.05) is 18.2 Å². The molecule has 112 valence electrons. The molecular formula is C16H11Br2NO3. The zero-order chi connectivity index (χ0) is 15.7. The quantitative estimate of drug-likeness (QED) is 0.699. The molecule has 0 atom stereocenters. The van der Waals surface area contributed by atoms with Crippen molar-refractivity contribution in [2.75, 3.05) is 13.2 Å². The number of halogens is 2. The summed E-state index contributed by atoms with van der Waals surface area (Å²) in [6, 6.07) is 12.4. The summed E-state index contributed by atoms with van der Waals surface area (Å²) in [6.07, 6.45) is 0. The second kappa shape index (κ2) is 6.22. The molecule has 0 radical (unpaired) electrons. The van der Waals surface area contributed by atoms with Crippen LogP contribution in [0.5, 0.6) is 5.75 Å². The lowest BCUT2D eigenvalue weighted by molar-refractivity contribution is 0.0631. The molecule has 0 saturated heterocycles. The molecule has 0 aliphatic carbocycles. The van der Waals surface area contributed by atoms with E-state index in [-0.39, 0.29) is 25.0 Å². The van der Waals surface area contributed by atoms with Gasteiger partial charge in [0.15, 0.2) is 0 Å². The normalized spacial score (nSPS) is 13.5. The number of ether oxygens (including phenoxy) is 1. The maximum Gasteiger partial charge on any atom is 0.261 e. The smallest absolute Gasteiger partial charge is 0.261 e. The fourth-order valence-electron chi connectivity index (χ4n) is 2.30. The Morgan fingerprint density at radius 2 is 1.41 bits per heavy atom. The number of carbonyl (C=O) groups excluding carboxylic acids is 2. The number of imide groups is 1. The number of nitrogens with zero attached hydrogens (tertiary/aromatic N) is 1. The van der Waals surface area contributed by atoms with Crippen LogP contribution in [0.3, 0.4) is 0 Å². The molecule has 0 N–H and O–H groups in total. The van der Waals surface area contributed by atoms with Crippen LogP contribution < -0.4 is 4.74 Å². The Labute approximate surface area is 144 Å². The minimum absolute atomic E-state index is 0.208. The minimum Gasteiger partial charge on any atom is -0.489 e. The molecule has 22 heavy (non-hydrogen) atoms. The first-order valence-corrected chi connectivity index (χ1v) is 8.20. The van der Waals surface area contributed by atoms with Crippen LogP contribution >= 0.6 is 31.9 Å². The van der Waals surface area contributed by atoms with Gasteiger partial charge in [0.25, 0.3) is 11.8 Å². The molecule has 0 bridgehead atoms. The summed E-state index contributed by atoms with van der Waals surface area (Å²) in [5, 5.41) is 0. The molecule has 2 amide bonds. The molecule has 1 heterocycles. The average Bonchev–Trinajstić information content (AvgIpc) is 2.75. The van der Waals surface area contributed by atoms with Crippen molar-refractivity contribution in [3.63, 3.8) is 0 Å². The predicted molar refractivity (Wildman–Crippen MR) is 89.1 cm³/mol. The zero-order valence-electron chi connectivity index (χ0n) is 11.4. The molecule has 1 aliphatic rings. The third-order valence-electron chi connectivity index (χ3n) is 3.36. The number of fused-ring (bicyclic) bond motifs is 1. The molecule has 6 heteroatoms. The predicted octanol–water partition coefficient (Wildman–Crippen LogP) is 3.89. The number of para-hydroxylation sites is 1. The highest BCUT2D eigenvalue weighted by Gasteiger charge is 2.34. The first-order valence-electron chi connectivity index (χ1n) is 6.61. The Morgan fingerprint density at radius 3 is 1.95 bits per heavy atom. The molecule has 3 rings (SSSR count). The molecule has 0 unspecified atom stereocenters. The molecule has 0 saturated carbocycles. The summed E-state index contributed by atoms with van der Waals surface area (Å²) in [6.45, 7) is 0.437.